The van der Waals surface area contributed by atoms with E-state index in [9.17, 15) is 4.39 Å². The average Bonchev–Trinajstić information content (AvgIpc) is 2.35. The third-order valence-electron chi connectivity index (χ3n) is 3.52. The quantitative estimate of drug-likeness (QED) is 0.714. The number of rotatable bonds is 4. The van der Waals surface area contributed by atoms with Crippen molar-refractivity contribution in [3.8, 4) is 0 Å². The third-order valence-corrected chi connectivity index (χ3v) is 3.52. The summed E-state index contributed by atoms with van der Waals surface area (Å²) in [5.74, 6) is -0.170. The standard InChI is InChI=1S/C16H20FN/c1-3-5-6-13(4-2)16-11-12-18(16)15-9-7-14(17)8-10-15/h3,5-10,16H,4,11-12H2,1-2H3/b5-3-,13-6+/t16-/m0/s1. The summed E-state index contributed by atoms with van der Waals surface area (Å²) in [5.41, 5.74) is 2.57. The lowest BCUT2D eigenvalue weighted by atomic mass is 9.91. The van der Waals surface area contributed by atoms with Gasteiger partial charge in [0, 0.05) is 12.2 Å². The largest absolute Gasteiger partial charge is 0.365 e. The van der Waals surface area contributed by atoms with Crippen LogP contribution in [0, 0.1) is 5.82 Å². The Hall–Kier alpha value is -1.57. The van der Waals surface area contributed by atoms with Crippen LogP contribution in [0.5, 0.6) is 0 Å². The second-order valence-corrected chi connectivity index (χ2v) is 4.60. The third kappa shape index (κ3) is 2.63. The van der Waals surface area contributed by atoms with E-state index < -0.39 is 0 Å². The van der Waals surface area contributed by atoms with Crippen molar-refractivity contribution >= 4 is 5.69 Å². The smallest absolute Gasteiger partial charge is 0.123 e. The van der Waals surface area contributed by atoms with Crippen molar-refractivity contribution in [2.75, 3.05) is 11.4 Å². The van der Waals surface area contributed by atoms with Gasteiger partial charge in [0.05, 0.1) is 6.04 Å². The maximum Gasteiger partial charge on any atom is 0.123 e. The molecule has 0 aromatic heterocycles. The highest BCUT2D eigenvalue weighted by atomic mass is 19.1. The molecule has 0 bridgehead atoms. The van der Waals surface area contributed by atoms with Crippen molar-refractivity contribution < 1.29 is 4.39 Å². The minimum atomic E-state index is -0.170. The molecule has 0 saturated carbocycles. The molecule has 0 spiro atoms. The number of nitrogens with zero attached hydrogens (tertiary/aromatic N) is 1. The Labute approximate surface area is 109 Å². The molecular formula is C16H20FN. The molecule has 1 aromatic carbocycles. The van der Waals surface area contributed by atoms with Gasteiger partial charge in [-0.25, -0.2) is 4.39 Å². The van der Waals surface area contributed by atoms with Crippen molar-refractivity contribution in [2.24, 2.45) is 0 Å². The zero-order valence-electron chi connectivity index (χ0n) is 11.1. The van der Waals surface area contributed by atoms with Crippen LogP contribution in [0.1, 0.15) is 26.7 Å². The van der Waals surface area contributed by atoms with Gasteiger partial charge in [-0.15, -0.1) is 0 Å². The number of anilines is 1. The lowest BCUT2D eigenvalue weighted by Crippen LogP contribution is -2.48. The molecule has 0 amide bonds. The lowest BCUT2D eigenvalue weighted by molar-refractivity contribution is 0.491. The van der Waals surface area contributed by atoms with Crippen molar-refractivity contribution in [3.63, 3.8) is 0 Å². The van der Waals surface area contributed by atoms with E-state index in [4.69, 9.17) is 0 Å². The number of benzene rings is 1. The SMILES string of the molecule is C/C=C\C=C(/CC)[C@@H]1CCN1c1ccc(F)cc1. The van der Waals surface area contributed by atoms with Crippen LogP contribution in [-0.4, -0.2) is 12.6 Å². The van der Waals surface area contributed by atoms with E-state index in [1.807, 2.05) is 19.1 Å². The van der Waals surface area contributed by atoms with Gasteiger partial charge in [0.25, 0.3) is 0 Å². The minimum Gasteiger partial charge on any atom is -0.365 e. The molecule has 96 valence electrons. The fourth-order valence-electron chi connectivity index (χ4n) is 2.40. The van der Waals surface area contributed by atoms with Gasteiger partial charge in [0.1, 0.15) is 5.82 Å². The monoisotopic (exact) mass is 245 g/mol. The second-order valence-electron chi connectivity index (χ2n) is 4.60. The van der Waals surface area contributed by atoms with Crippen molar-refractivity contribution in [3.05, 3.63) is 53.9 Å². The predicted molar refractivity (Wildman–Crippen MR) is 75.3 cm³/mol. The molecule has 1 atom stereocenters. The molecule has 1 aliphatic heterocycles. The molecule has 0 aliphatic carbocycles. The Morgan fingerprint density at radius 1 is 1.39 bits per heavy atom. The normalized spacial score (nSPS) is 20.3. The van der Waals surface area contributed by atoms with E-state index in [0.29, 0.717) is 6.04 Å². The van der Waals surface area contributed by atoms with Gasteiger partial charge < -0.3 is 4.90 Å². The Balaban J connectivity index is 2.14. The van der Waals surface area contributed by atoms with Crippen molar-refractivity contribution in [1.29, 1.82) is 0 Å². The van der Waals surface area contributed by atoms with Crippen LogP contribution in [-0.2, 0) is 0 Å². The van der Waals surface area contributed by atoms with Gasteiger partial charge in [-0.2, -0.15) is 0 Å². The van der Waals surface area contributed by atoms with E-state index in [0.717, 1.165) is 18.7 Å². The maximum atomic E-state index is 12.9. The molecule has 1 nitrogen and oxygen atoms in total. The van der Waals surface area contributed by atoms with E-state index in [1.54, 1.807) is 0 Å². The summed E-state index contributed by atoms with van der Waals surface area (Å²) in [6.45, 7) is 5.28. The van der Waals surface area contributed by atoms with Gasteiger partial charge in [0.2, 0.25) is 0 Å². The molecule has 18 heavy (non-hydrogen) atoms. The maximum absolute atomic E-state index is 12.9. The summed E-state index contributed by atoms with van der Waals surface area (Å²) in [5, 5.41) is 0. The van der Waals surface area contributed by atoms with Gasteiger partial charge in [-0.1, -0.05) is 25.2 Å². The molecule has 0 N–H and O–H groups in total. The van der Waals surface area contributed by atoms with Crippen LogP contribution in [0.4, 0.5) is 10.1 Å². The molecule has 2 heteroatoms. The summed E-state index contributed by atoms with van der Waals surface area (Å²) in [6, 6.07) is 7.28. The fourth-order valence-corrected chi connectivity index (χ4v) is 2.40. The van der Waals surface area contributed by atoms with E-state index in [2.05, 4.69) is 30.1 Å². The second kappa shape index (κ2) is 5.85. The topological polar surface area (TPSA) is 3.24 Å². The summed E-state index contributed by atoms with van der Waals surface area (Å²) in [4.78, 5) is 2.35. The van der Waals surface area contributed by atoms with Crippen LogP contribution in [0.25, 0.3) is 0 Å². The molecule has 1 aliphatic rings. The summed E-state index contributed by atoms with van der Waals surface area (Å²) < 4.78 is 12.9. The number of hydrogen-bond donors (Lipinski definition) is 0. The van der Waals surface area contributed by atoms with Crippen LogP contribution in [0.15, 0.2) is 48.1 Å². The molecule has 1 aromatic rings. The number of hydrogen-bond acceptors (Lipinski definition) is 1. The Morgan fingerprint density at radius 2 is 2.11 bits per heavy atom. The van der Waals surface area contributed by atoms with Crippen molar-refractivity contribution in [2.45, 2.75) is 32.7 Å². The van der Waals surface area contributed by atoms with Gasteiger partial charge in [0.15, 0.2) is 0 Å². The van der Waals surface area contributed by atoms with E-state index in [1.165, 1.54) is 24.1 Å². The number of allylic oxidation sites excluding steroid dienone is 3. The highest BCUT2D eigenvalue weighted by molar-refractivity contribution is 5.52. The molecule has 1 saturated heterocycles. The first-order valence-electron chi connectivity index (χ1n) is 6.60. The highest BCUT2D eigenvalue weighted by Gasteiger charge is 2.29. The fraction of sp³-hybridized carbons (Fsp3) is 0.375. The van der Waals surface area contributed by atoms with Gasteiger partial charge in [-0.3, -0.25) is 0 Å². The molecule has 1 heterocycles. The van der Waals surface area contributed by atoms with Crippen LogP contribution in [0.2, 0.25) is 0 Å². The lowest BCUT2D eigenvalue weighted by Gasteiger charge is -2.44. The first-order chi connectivity index (χ1) is 8.76. The highest BCUT2D eigenvalue weighted by Crippen LogP contribution is 2.32. The Kier molecular flexibility index (Phi) is 4.19. The van der Waals surface area contributed by atoms with Crippen LogP contribution < -0.4 is 4.90 Å². The molecule has 0 radical (unpaired) electrons. The van der Waals surface area contributed by atoms with Gasteiger partial charge >= 0.3 is 0 Å². The minimum absolute atomic E-state index is 0.170. The predicted octanol–water partition coefficient (Wildman–Crippen LogP) is 4.32. The molecule has 1 fully saturated rings. The van der Waals surface area contributed by atoms with Crippen LogP contribution >= 0.6 is 0 Å². The van der Waals surface area contributed by atoms with E-state index >= 15 is 0 Å². The Bertz CT molecular complexity index is 445. The zero-order chi connectivity index (χ0) is 13.0. The van der Waals surface area contributed by atoms with Crippen molar-refractivity contribution in [1.82, 2.24) is 0 Å². The zero-order valence-corrected chi connectivity index (χ0v) is 11.1. The summed E-state index contributed by atoms with van der Waals surface area (Å²) in [6.07, 6.45) is 8.61. The van der Waals surface area contributed by atoms with Crippen LogP contribution in [0.3, 0.4) is 0 Å². The first kappa shape index (κ1) is 12.9. The van der Waals surface area contributed by atoms with Gasteiger partial charge in [-0.05, 0) is 49.6 Å². The summed E-state index contributed by atoms with van der Waals surface area (Å²) >= 11 is 0. The average molecular weight is 245 g/mol. The summed E-state index contributed by atoms with van der Waals surface area (Å²) in [7, 11) is 0. The number of halogens is 1. The van der Waals surface area contributed by atoms with E-state index in [-0.39, 0.29) is 5.82 Å². The first-order valence-corrected chi connectivity index (χ1v) is 6.60. The Morgan fingerprint density at radius 3 is 2.61 bits per heavy atom. The molecule has 2 rings (SSSR count). The molecule has 0 unspecified atom stereocenters. The molecular weight excluding hydrogens is 225 g/mol.